The number of halogens is 2. The Kier molecular flexibility index (Phi) is 7.09. The second-order valence-electron chi connectivity index (χ2n) is 6.38. The molecule has 0 saturated carbocycles. The molecule has 0 aromatic heterocycles. The predicted octanol–water partition coefficient (Wildman–Crippen LogP) is 3.16. The lowest BCUT2D eigenvalue weighted by Gasteiger charge is -2.26. The van der Waals surface area contributed by atoms with E-state index in [0.29, 0.717) is 18.8 Å². The molecule has 0 bridgehead atoms. The van der Waals surface area contributed by atoms with Crippen molar-refractivity contribution in [2.45, 2.75) is 4.90 Å². The van der Waals surface area contributed by atoms with Crippen LogP contribution in [0.15, 0.2) is 47.4 Å². The summed E-state index contributed by atoms with van der Waals surface area (Å²) in [6.07, 6.45) is 2.64. The van der Waals surface area contributed by atoms with Crippen LogP contribution in [0.2, 0.25) is 5.02 Å². The Labute approximate surface area is 179 Å². The summed E-state index contributed by atoms with van der Waals surface area (Å²) in [5.41, 5.74) is 0.733. The van der Waals surface area contributed by atoms with Crippen molar-refractivity contribution in [3.63, 3.8) is 0 Å². The molecule has 2 aromatic rings. The van der Waals surface area contributed by atoms with E-state index in [9.17, 15) is 17.6 Å². The molecule has 1 fully saturated rings. The summed E-state index contributed by atoms with van der Waals surface area (Å²) in [6, 6.07) is 8.51. The maximum absolute atomic E-state index is 13.7. The summed E-state index contributed by atoms with van der Waals surface area (Å²) in [5.74, 6) is -0.953. The van der Waals surface area contributed by atoms with Crippen LogP contribution in [0, 0.1) is 5.82 Å². The number of carbonyl (C=O) groups excluding carboxylic acids is 1. The summed E-state index contributed by atoms with van der Waals surface area (Å²) in [6.45, 7) is 1.08. The highest BCUT2D eigenvalue weighted by molar-refractivity contribution is 7.89. The van der Waals surface area contributed by atoms with Gasteiger partial charge in [-0.05, 0) is 42.0 Å². The van der Waals surface area contributed by atoms with E-state index in [1.165, 1.54) is 53.9 Å². The Morgan fingerprint density at radius 3 is 2.63 bits per heavy atom. The number of nitrogens with one attached hydrogen (secondary N) is 1. The Bertz CT molecular complexity index is 1070. The van der Waals surface area contributed by atoms with Gasteiger partial charge in [-0.15, -0.1) is 0 Å². The van der Waals surface area contributed by atoms with Crippen molar-refractivity contribution >= 4 is 39.3 Å². The summed E-state index contributed by atoms with van der Waals surface area (Å²) in [7, 11) is -2.46. The summed E-state index contributed by atoms with van der Waals surface area (Å²) < 4.78 is 50.8. The fourth-order valence-electron chi connectivity index (χ4n) is 2.85. The lowest BCUT2D eigenvalue weighted by atomic mass is 10.2. The molecule has 30 heavy (non-hydrogen) atoms. The largest absolute Gasteiger partial charge is 0.494 e. The standard InChI is InChI=1S/C20H20ClFN2O5S/c1-28-18-6-2-14(12-17(18)22)3-7-20(25)23-15-4-5-16(21)19(13-15)30(26,27)24-8-10-29-11-9-24/h2-7,12-13H,8-11H2,1H3,(H,23,25). The van der Waals surface area contributed by atoms with Crippen molar-refractivity contribution in [3.05, 3.63) is 58.9 Å². The number of hydrogen-bond donors (Lipinski definition) is 1. The number of sulfonamides is 1. The lowest BCUT2D eigenvalue weighted by Crippen LogP contribution is -2.40. The molecule has 1 N–H and O–H groups in total. The first kappa shape index (κ1) is 22.2. The van der Waals surface area contributed by atoms with Crippen LogP contribution >= 0.6 is 11.6 Å². The summed E-state index contributed by atoms with van der Waals surface area (Å²) in [4.78, 5) is 12.1. The van der Waals surface area contributed by atoms with Gasteiger partial charge in [0.25, 0.3) is 0 Å². The van der Waals surface area contributed by atoms with Gasteiger partial charge in [-0.25, -0.2) is 12.8 Å². The maximum atomic E-state index is 13.7. The fourth-order valence-corrected chi connectivity index (χ4v) is 4.76. The molecule has 1 aliphatic rings. The van der Waals surface area contributed by atoms with Gasteiger partial charge < -0.3 is 14.8 Å². The first-order chi connectivity index (χ1) is 14.3. The van der Waals surface area contributed by atoms with E-state index in [0.717, 1.165) is 0 Å². The Balaban J connectivity index is 1.74. The number of morpholine rings is 1. The third-order valence-corrected chi connectivity index (χ3v) is 6.77. The molecule has 0 aliphatic carbocycles. The minimum Gasteiger partial charge on any atom is -0.494 e. The molecule has 0 unspecified atom stereocenters. The van der Waals surface area contributed by atoms with Gasteiger partial charge in [-0.3, -0.25) is 4.79 Å². The molecular weight excluding hydrogens is 435 g/mol. The van der Waals surface area contributed by atoms with Gasteiger partial charge in [0.2, 0.25) is 15.9 Å². The van der Waals surface area contributed by atoms with E-state index >= 15 is 0 Å². The van der Waals surface area contributed by atoms with Gasteiger partial charge in [-0.1, -0.05) is 17.7 Å². The van der Waals surface area contributed by atoms with Crippen molar-refractivity contribution < 1.29 is 27.1 Å². The van der Waals surface area contributed by atoms with Crippen LogP contribution in [-0.4, -0.2) is 52.0 Å². The molecule has 2 aromatic carbocycles. The second kappa shape index (κ2) is 9.57. The van der Waals surface area contributed by atoms with Crippen molar-refractivity contribution in [2.75, 3.05) is 38.7 Å². The average Bonchev–Trinajstić information content (AvgIpc) is 2.74. The SMILES string of the molecule is COc1ccc(C=CC(=O)Nc2ccc(Cl)c(S(=O)(=O)N3CCOCC3)c2)cc1F. The molecule has 1 aliphatic heterocycles. The number of ether oxygens (including phenoxy) is 2. The molecule has 1 saturated heterocycles. The van der Waals surface area contributed by atoms with Crippen molar-refractivity contribution in [1.29, 1.82) is 0 Å². The van der Waals surface area contributed by atoms with Crippen molar-refractivity contribution in [1.82, 2.24) is 4.31 Å². The van der Waals surface area contributed by atoms with E-state index in [1.54, 1.807) is 6.07 Å². The number of carbonyl (C=O) groups is 1. The highest BCUT2D eigenvalue weighted by Crippen LogP contribution is 2.28. The van der Waals surface area contributed by atoms with E-state index in [2.05, 4.69) is 5.32 Å². The number of hydrogen-bond acceptors (Lipinski definition) is 5. The average molecular weight is 455 g/mol. The quantitative estimate of drug-likeness (QED) is 0.678. The third-order valence-electron chi connectivity index (χ3n) is 4.39. The minimum absolute atomic E-state index is 0.0590. The van der Waals surface area contributed by atoms with E-state index < -0.39 is 21.7 Å². The number of amides is 1. The van der Waals surface area contributed by atoms with E-state index in [4.69, 9.17) is 21.1 Å². The number of anilines is 1. The molecular formula is C20H20ClFN2O5S. The number of nitrogens with zero attached hydrogens (tertiary/aromatic N) is 1. The van der Waals surface area contributed by atoms with Gasteiger partial charge in [0.15, 0.2) is 11.6 Å². The smallest absolute Gasteiger partial charge is 0.248 e. The zero-order chi connectivity index (χ0) is 21.7. The van der Waals surface area contributed by atoms with Gasteiger partial charge in [0.1, 0.15) is 4.90 Å². The van der Waals surface area contributed by atoms with Crippen LogP contribution < -0.4 is 10.1 Å². The third kappa shape index (κ3) is 5.17. The molecule has 3 rings (SSSR count). The summed E-state index contributed by atoms with van der Waals surface area (Å²) >= 11 is 6.11. The maximum Gasteiger partial charge on any atom is 0.248 e. The normalized spacial score (nSPS) is 15.3. The predicted molar refractivity (Wildman–Crippen MR) is 112 cm³/mol. The van der Waals surface area contributed by atoms with Crippen LogP contribution in [0.5, 0.6) is 5.75 Å². The molecule has 0 radical (unpaired) electrons. The van der Waals surface area contributed by atoms with E-state index in [-0.39, 0.29) is 34.4 Å². The zero-order valence-electron chi connectivity index (χ0n) is 16.1. The van der Waals surface area contributed by atoms with Gasteiger partial charge >= 0.3 is 0 Å². The summed E-state index contributed by atoms with van der Waals surface area (Å²) in [5, 5.41) is 2.64. The number of benzene rings is 2. The van der Waals surface area contributed by atoms with Crippen LogP contribution in [-0.2, 0) is 19.6 Å². The molecule has 7 nitrogen and oxygen atoms in total. The highest BCUT2D eigenvalue weighted by atomic mass is 35.5. The fraction of sp³-hybridized carbons (Fsp3) is 0.250. The lowest BCUT2D eigenvalue weighted by molar-refractivity contribution is -0.111. The molecule has 1 heterocycles. The molecule has 160 valence electrons. The van der Waals surface area contributed by atoms with Crippen molar-refractivity contribution in [2.24, 2.45) is 0 Å². The zero-order valence-corrected chi connectivity index (χ0v) is 17.7. The number of rotatable bonds is 6. The van der Waals surface area contributed by atoms with Crippen LogP contribution in [0.1, 0.15) is 5.56 Å². The minimum atomic E-state index is -3.82. The first-order valence-electron chi connectivity index (χ1n) is 9.01. The van der Waals surface area contributed by atoms with Gasteiger partial charge in [0.05, 0.1) is 25.3 Å². The van der Waals surface area contributed by atoms with Gasteiger partial charge in [0, 0.05) is 24.9 Å². The molecule has 1 amide bonds. The number of methoxy groups -OCH3 is 1. The van der Waals surface area contributed by atoms with Gasteiger partial charge in [-0.2, -0.15) is 4.31 Å². The molecule has 10 heteroatoms. The Morgan fingerprint density at radius 1 is 1.23 bits per heavy atom. The second-order valence-corrected chi connectivity index (χ2v) is 8.69. The van der Waals surface area contributed by atoms with E-state index in [1.807, 2.05) is 0 Å². The van der Waals surface area contributed by atoms with Crippen molar-refractivity contribution in [3.8, 4) is 5.75 Å². The molecule has 0 atom stereocenters. The van der Waals surface area contributed by atoms with Crippen LogP contribution in [0.25, 0.3) is 6.08 Å². The molecule has 0 spiro atoms. The highest BCUT2D eigenvalue weighted by Gasteiger charge is 2.28. The van der Waals surface area contributed by atoms with Crippen LogP contribution in [0.3, 0.4) is 0 Å². The Morgan fingerprint density at radius 2 is 1.97 bits per heavy atom. The topological polar surface area (TPSA) is 84.9 Å². The Hall–Kier alpha value is -2.46. The monoisotopic (exact) mass is 454 g/mol. The first-order valence-corrected chi connectivity index (χ1v) is 10.8. The van der Waals surface area contributed by atoms with Crippen LogP contribution in [0.4, 0.5) is 10.1 Å².